The van der Waals surface area contributed by atoms with Gasteiger partial charge in [0.05, 0.1) is 43.4 Å². The van der Waals surface area contributed by atoms with Crippen LogP contribution in [0, 0.1) is 0 Å². The van der Waals surface area contributed by atoms with Crippen molar-refractivity contribution < 1.29 is 19.3 Å². The Morgan fingerprint density at radius 1 is 0.949 bits per heavy atom. The number of ether oxygens (including phenoxy) is 3. The minimum absolute atomic E-state index is 0.284. The van der Waals surface area contributed by atoms with E-state index < -0.39 is 6.10 Å². The number of methoxy groups -OCH3 is 1. The van der Waals surface area contributed by atoms with Gasteiger partial charge in [0, 0.05) is 19.1 Å². The summed E-state index contributed by atoms with van der Waals surface area (Å²) < 4.78 is 19.9. The van der Waals surface area contributed by atoms with E-state index in [9.17, 15) is 5.11 Å². The summed E-state index contributed by atoms with van der Waals surface area (Å²) in [6, 6.07) is 28.2. The van der Waals surface area contributed by atoms with Crippen LogP contribution in [0.2, 0.25) is 0 Å². The molecule has 1 aliphatic rings. The van der Waals surface area contributed by atoms with Crippen molar-refractivity contribution in [3.05, 3.63) is 102 Å². The van der Waals surface area contributed by atoms with Gasteiger partial charge in [0.2, 0.25) is 5.88 Å². The molecule has 1 aromatic heterocycles. The molecule has 0 unspecified atom stereocenters. The first-order valence-corrected chi connectivity index (χ1v) is 13.7. The molecule has 0 amide bonds. The molecule has 39 heavy (non-hydrogen) atoms. The molecule has 4 aromatic rings. The van der Waals surface area contributed by atoms with Crippen LogP contribution in [0.4, 0.5) is 0 Å². The quantitative estimate of drug-likeness (QED) is 0.224. The van der Waals surface area contributed by atoms with Crippen LogP contribution in [0.5, 0.6) is 17.4 Å². The Hall–Kier alpha value is -3.65. The number of para-hydroxylation sites is 3. The predicted octanol–water partition coefficient (Wildman–Crippen LogP) is 5.78. The van der Waals surface area contributed by atoms with Gasteiger partial charge in [-0.3, -0.25) is 4.90 Å². The number of rotatable bonds is 14. The molecule has 0 radical (unpaired) electrons. The van der Waals surface area contributed by atoms with Crippen LogP contribution < -0.4 is 9.47 Å². The van der Waals surface area contributed by atoms with Crippen molar-refractivity contribution in [1.82, 2.24) is 14.7 Å². The van der Waals surface area contributed by atoms with Gasteiger partial charge in [-0.25, -0.2) is 4.68 Å². The third-order valence-corrected chi connectivity index (χ3v) is 6.92. The number of nitrogens with zero attached hydrogens (tertiary/aromatic N) is 3. The summed E-state index contributed by atoms with van der Waals surface area (Å²) in [5, 5.41) is 15.9. The molecule has 1 N–H and O–H groups in total. The lowest BCUT2D eigenvalue weighted by atomic mass is 10.1. The maximum Gasteiger partial charge on any atom is 0.227 e. The molecule has 7 nitrogen and oxygen atoms in total. The topological polar surface area (TPSA) is 69.0 Å². The second-order valence-electron chi connectivity index (χ2n) is 9.90. The summed E-state index contributed by atoms with van der Waals surface area (Å²) in [5.41, 5.74) is 4.03. The number of aryl methyl sites for hydroxylation is 1. The molecule has 7 heteroatoms. The van der Waals surface area contributed by atoms with Crippen molar-refractivity contribution in [1.29, 1.82) is 0 Å². The van der Waals surface area contributed by atoms with Crippen molar-refractivity contribution in [2.24, 2.45) is 0 Å². The number of hydrogen-bond donors (Lipinski definition) is 1. The summed E-state index contributed by atoms with van der Waals surface area (Å²) in [4.78, 5) is 2.34. The summed E-state index contributed by atoms with van der Waals surface area (Å²) in [5.74, 6) is 1.96. The molecule has 0 aliphatic heterocycles. The molecule has 204 valence electrons. The zero-order valence-electron chi connectivity index (χ0n) is 22.7. The van der Waals surface area contributed by atoms with E-state index in [4.69, 9.17) is 19.3 Å². The average molecular weight is 528 g/mol. The van der Waals surface area contributed by atoms with Gasteiger partial charge in [-0.05, 0) is 49.1 Å². The fourth-order valence-electron chi connectivity index (χ4n) is 4.77. The average Bonchev–Trinajstić information content (AvgIpc) is 3.77. The van der Waals surface area contributed by atoms with Crippen LogP contribution in [-0.2, 0) is 24.3 Å². The van der Waals surface area contributed by atoms with E-state index >= 15 is 0 Å². The fraction of sp³-hybridized carbons (Fsp3) is 0.344. The van der Waals surface area contributed by atoms with E-state index in [-0.39, 0.29) is 6.61 Å². The molecule has 1 saturated carbocycles. The molecule has 1 aliphatic carbocycles. The van der Waals surface area contributed by atoms with Crippen molar-refractivity contribution in [2.75, 3.05) is 20.3 Å². The van der Waals surface area contributed by atoms with Gasteiger partial charge in [-0.1, -0.05) is 67.6 Å². The van der Waals surface area contributed by atoms with Gasteiger partial charge in [0.1, 0.15) is 0 Å². The maximum atomic E-state index is 10.9. The SMILES string of the molecule is CCc1nn(-c2ccccc2)c(Oc2ccccc2OC)c1CN(C[C@H](O)COCc1ccccc1)C1CC1. The normalized spacial score (nSPS) is 13.9. The largest absolute Gasteiger partial charge is 0.493 e. The Balaban J connectivity index is 1.39. The Labute approximate surface area is 230 Å². The van der Waals surface area contributed by atoms with Gasteiger partial charge < -0.3 is 19.3 Å². The highest BCUT2D eigenvalue weighted by Crippen LogP contribution is 2.38. The maximum absolute atomic E-state index is 10.9. The molecule has 0 bridgehead atoms. The van der Waals surface area contributed by atoms with Crippen LogP contribution in [0.25, 0.3) is 5.69 Å². The van der Waals surface area contributed by atoms with E-state index in [1.54, 1.807) is 7.11 Å². The Morgan fingerprint density at radius 2 is 1.62 bits per heavy atom. The third-order valence-electron chi connectivity index (χ3n) is 6.92. The van der Waals surface area contributed by atoms with E-state index in [0.717, 1.165) is 41.8 Å². The highest BCUT2D eigenvalue weighted by Gasteiger charge is 2.33. The zero-order chi connectivity index (χ0) is 27.0. The van der Waals surface area contributed by atoms with Crippen LogP contribution in [0.1, 0.15) is 36.6 Å². The summed E-state index contributed by atoms with van der Waals surface area (Å²) in [7, 11) is 1.64. The number of benzene rings is 3. The second-order valence-corrected chi connectivity index (χ2v) is 9.90. The van der Waals surface area contributed by atoms with E-state index in [1.165, 1.54) is 0 Å². The monoisotopic (exact) mass is 527 g/mol. The Bertz CT molecular complexity index is 1320. The van der Waals surface area contributed by atoms with Gasteiger partial charge in [0.15, 0.2) is 11.5 Å². The van der Waals surface area contributed by atoms with Crippen molar-refractivity contribution in [2.45, 2.75) is 51.5 Å². The Morgan fingerprint density at radius 3 is 2.28 bits per heavy atom. The first-order chi connectivity index (χ1) is 19.2. The number of aromatic nitrogens is 2. The van der Waals surface area contributed by atoms with Crippen LogP contribution in [0.15, 0.2) is 84.9 Å². The molecule has 1 atom stereocenters. The lowest BCUT2D eigenvalue weighted by Gasteiger charge is -2.25. The first-order valence-electron chi connectivity index (χ1n) is 13.7. The molecule has 0 spiro atoms. The lowest BCUT2D eigenvalue weighted by Crippen LogP contribution is -2.36. The predicted molar refractivity (Wildman–Crippen MR) is 152 cm³/mol. The van der Waals surface area contributed by atoms with Crippen LogP contribution in [-0.4, -0.2) is 52.2 Å². The van der Waals surface area contributed by atoms with Crippen molar-refractivity contribution in [3.8, 4) is 23.1 Å². The molecule has 3 aromatic carbocycles. The van der Waals surface area contributed by atoms with Gasteiger partial charge >= 0.3 is 0 Å². The van der Waals surface area contributed by atoms with Crippen molar-refractivity contribution >= 4 is 0 Å². The van der Waals surface area contributed by atoms with Gasteiger partial charge in [-0.15, -0.1) is 0 Å². The molecule has 1 heterocycles. The number of aliphatic hydroxyl groups is 1. The smallest absolute Gasteiger partial charge is 0.227 e. The fourth-order valence-corrected chi connectivity index (χ4v) is 4.77. The zero-order valence-corrected chi connectivity index (χ0v) is 22.7. The first kappa shape index (κ1) is 26.9. The highest BCUT2D eigenvalue weighted by atomic mass is 16.5. The van der Waals surface area contributed by atoms with Gasteiger partial charge in [0.25, 0.3) is 0 Å². The molecular weight excluding hydrogens is 490 g/mol. The minimum atomic E-state index is -0.595. The summed E-state index contributed by atoms with van der Waals surface area (Å²) >= 11 is 0. The van der Waals surface area contributed by atoms with Crippen LogP contribution in [0.3, 0.4) is 0 Å². The Kier molecular flexibility index (Phi) is 8.93. The number of aliphatic hydroxyl groups excluding tert-OH is 1. The molecule has 5 rings (SSSR count). The minimum Gasteiger partial charge on any atom is -0.493 e. The third kappa shape index (κ3) is 6.87. The van der Waals surface area contributed by atoms with Crippen LogP contribution >= 0.6 is 0 Å². The van der Waals surface area contributed by atoms with Crippen molar-refractivity contribution in [3.63, 3.8) is 0 Å². The highest BCUT2D eigenvalue weighted by molar-refractivity contribution is 5.47. The second kappa shape index (κ2) is 12.9. The molecule has 0 saturated heterocycles. The number of hydrogen-bond acceptors (Lipinski definition) is 6. The lowest BCUT2D eigenvalue weighted by molar-refractivity contribution is 0.00693. The molecular formula is C32H37N3O4. The summed E-state index contributed by atoms with van der Waals surface area (Å²) in [6.07, 6.45) is 2.41. The molecule has 1 fully saturated rings. The summed E-state index contributed by atoms with van der Waals surface area (Å²) in [6.45, 7) is 4.03. The van der Waals surface area contributed by atoms with Gasteiger partial charge in [-0.2, -0.15) is 5.10 Å². The van der Waals surface area contributed by atoms with E-state index in [1.807, 2.05) is 89.6 Å². The van der Waals surface area contributed by atoms with E-state index in [0.29, 0.717) is 43.1 Å². The van der Waals surface area contributed by atoms with E-state index in [2.05, 4.69) is 11.8 Å². The standard InChI is InChI=1S/C32H37N3O4/c1-3-29-28(21-34(25-18-19-25)20-27(36)23-38-22-24-12-6-4-7-13-24)32(35(33-29)26-14-8-5-9-15-26)39-31-17-11-10-16-30(31)37-2/h4-17,25,27,36H,3,18-23H2,1-2H3/t27-/m0/s1.